The second-order valence-electron chi connectivity index (χ2n) is 10.8. The Morgan fingerprint density at radius 2 is 1.76 bits per heavy atom. The standard InChI is InChI=1S/C30H38FN3O4/c1-5-25(21-6-8-23(9-7-21)28(37)32-15-14-26(35)36)34-29(38-4)27(22-10-12-24(31)13-11-22)33-30(34)17-19(2)16-20(3)18-30/h6-13,19-20,25,29H,5,14-18H2,1-4H3,(H,32,37)(H,35,36)/t19?,20?,25-,29?,30?/m1/s1. The van der Waals surface area contributed by atoms with Crippen LogP contribution in [0, 0.1) is 17.7 Å². The molecular weight excluding hydrogens is 485 g/mol. The van der Waals surface area contributed by atoms with E-state index in [9.17, 15) is 14.0 Å². The van der Waals surface area contributed by atoms with Gasteiger partial charge in [0.05, 0.1) is 12.1 Å². The molecule has 38 heavy (non-hydrogen) atoms. The molecule has 0 saturated heterocycles. The molecule has 0 aromatic heterocycles. The summed E-state index contributed by atoms with van der Waals surface area (Å²) >= 11 is 0. The lowest BCUT2D eigenvalue weighted by molar-refractivity contribution is -0.136. The fraction of sp³-hybridized carbons (Fsp3) is 0.500. The Kier molecular flexibility index (Phi) is 8.63. The number of aliphatic carboxylic acids is 1. The van der Waals surface area contributed by atoms with Crippen LogP contribution in [0.2, 0.25) is 0 Å². The van der Waals surface area contributed by atoms with E-state index in [4.69, 9.17) is 14.8 Å². The van der Waals surface area contributed by atoms with Gasteiger partial charge < -0.3 is 15.2 Å². The number of benzene rings is 2. The second kappa shape index (κ2) is 11.7. The third kappa shape index (κ3) is 5.81. The van der Waals surface area contributed by atoms with Crippen LogP contribution in [0.5, 0.6) is 0 Å². The van der Waals surface area contributed by atoms with E-state index < -0.39 is 17.9 Å². The Balaban J connectivity index is 1.68. The zero-order chi connectivity index (χ0) is 27.4. The van der Waals surface area contributed by atoms with Crippen molar-refractivity contribution in [3.63, 3.8) is 0 Å². The molecule has 8 heteroatoms. The van der Waals surface area contributed by atoms with E-state index in [0.717, 1.165) is 42.5 Å². The third-order valence-corrected chi connectivity index (χ3v) is 7.72. The fourth-order valence-electron chi connectivity index (χ4n) is 6.38. The Bertz CT molecular complexity index is 1160. The molecule has 7 nitrogen and oxygen atoms in total. The number of amides is 1. The van der Waals surface area contributed by atoms with Crippen LogP contribution in [0.3, 0.4) is 0 Å². The summed E-state index contributed by atoms with van der Waals surface area (Å²) in [5.74, 6) is -0.553. The number of carboxylic acids is 1. The van der Waals surface area contributed by atoms with Gasteiger partial charge in [0.2, 0.25) is 0 Å². The van der Waals surface area contributed by atoms with Crippen molar-refractivity contribution in [2.24, 2.45) is 16.8 Å². The molecule has 4 rings (SSSR count). The summed E-state index contributed by atoms with van der Waals surface area (Å²) in [6, 6.07) is 13.9. The fourth-order valence-corrected chi connectivity index (χ4v) is 6.38. The van der Waals surface area contributed by atoms with E-state index in [2.05, 4.69) is 31.0 Å². The Morgan fingerprint density at radius 1 is 1.13 bits per heavy atom. The molecule has 2 N–H and O–H groups in total. The van der Waals surface area contributed by atoms with Gasteiger partial charge in [-0.3, -0.25) is 14.6 Å². The number of carbonyl (C=O) groups excluding carboxylic acids is 1. The number of halogens is 1. The van der Waals surface area contributed by atoms with Crippen molar-refractivity contribution >= 4 is 17.6 Å². The first-order chi connectivity index (χ1) is 18.2. The Morgan fingerprint density at radius 3 is 2.32 bits per heavy atom. The number of rotatable bonds is 9. The van der Waals surface area contributed by atoms with Gasteiger partial charge in [-0.1, -0.05) is 45.0 Å². The van der Waals surface area contributed by atoms with Crippen molar-refractivity contribution in [3.8, 4) is 0 Å². The molecule has 1 saturated carbocycles. The second-order valence-corrected chi connectivity index (χ2v) is 10.8. The zero-order valence-corrected chi connectivity index (χ0v) is 22.6. The highest BCUT2D eigenvalue weighted by Gasteiger charge is 2.53. The maximum atomic E-state index is 13.7. The average Bonchev–Trinajstić information content (AvgIpc) is 3.17. The molecule has 3 unspecified atom stereocenters. The minimum absolute atomic E-state index is 0.0248. The minimum atomic E-state index is -0.952. The maximum Gasteiger partial charge on any atom is 0.305 e. The van der Waals surface area contributed by atoms with Gasteiger partial charge in [0, 0.05) is 25.3 Å². The number of methoxy groups -OCH3 is 1. The normalized spacial score (nSPS) is 26.2. The van der Waals surface area contributed by atoms with E-state index in [0.29, 0.717) is 17.4 Å². The van der Waals surface area contributed by atoms with E-state index in [1.165, 1.54) is 12.1 Å². The number of carboxylic acid groups (broad SMARTS) is 1. The van der Waals surface area contributed by atoms with Crippen LogP contribution >= 0.6 is 0 Å². The number of nitrogens with zero attached hydrogens (tertiary/aromatic N) is 2. The highest BCUT2D eigenvalue weighted by molar-refractivity contribution is 6.05. The summed E-state index contributed by atoms with van der Waals surface area (Å²) in [5, 5.41) is 11.5. The lowest BCUT2D eigenvalue weighted by Gasteiger charge is -2.48. The molecule has 1 heterocycles. The summed E-state index contributed by atoms with van der Waals surface area (Å²) in [4.78, 5) is 31.0. The molecule has 1 spiro atoms. The molecule has 0 bridgehead atoms. The minimum Gasteiger partial charge on any atom is -0.481 e. The van der Waals surface area contributed by atoms with E-state index in [1.54, 1.807) is 31.4 Å². The van der Waals surface area contributed by atoms with E-state index >= 15 is 0 Å². The first-order valence-electron chi connectivity index (χ1n) is 13.4. The number of nitrogens with one attached hydrogen (secondary N) is 1. The predicted octanol–water partition coefficient (Wildman–Crippen LogP) is 5.41. The lowest BCUT2D eigenvalue weighted by atomic mass is 9.75. The summed E-state index contributed by atoms with van der Waals surface area (Å²) < 4.78 is 19.9. The third-order valence-electron chi connectivity index (χ3n) is 7.72. The molecule has 2 aromatic rings. The van der Waals surface area contributed by atoms with Gasteiger partial charge >= 0.3 is 5.97 Å². The summed E-state index contributed by atoms with van der Waals surface area (Å²) in [5.41, 5.74) is 2.76. The lowest BCUT2D eigenvalue weighted by Crippen LogP contribution is -2.54. The van der Waals surface area contributed by atoms with Gasteiger partial charge in [0.25, 0.3) is 5.91 Å². The van der Waals surface area contributed by atoms with Gasteiger partial charge in [-0.05, 0) is 72.9 Å². The molecule has 1 fully saturated rings. The Labute approximate surface area is 224 Å². The molecule has 1 aliphatic carbocycles. The van der Waals surface area contributed by atoms with Crippen LogP contribution < -0.4 is 5.32 Å². The van der Waals surface area contributed by atoms with E-state index in [1.807, 2.05) is 12.1 Å². The number of carbonyl (C=O) groups is 2. The molecule has 2 aromatic carbocycles. The van der Waals surface area contributed by atoms with Crippen molar-refractivity contribution in [1.82, 2.24) is 10.2 Å². The maximum absolute atomic E-state index is 13.7. The summed E-state index contributed by atoms with van der Waals surface area (Å²) in [6.45, 7) is 6.78. The number of hydrogen-bond donors (Lipinski definition) is 2. The van der Waals surface area contributed by atoms with Gasteiger partial charge in [0.15, 0.2) is 6.23 Å². The predicted molar refractivity (Wildman–Crippen MR) is 145 cm³/mol. The molecule has 2 aliphatic rings. The Hall–Kier alpha value is -3.10. The van der Waals surface area contributed by atoms with Crippen LogP contribution in [0.1, 0.15) is 80.4 Å². The van der Waals surface area contributed by atoms with Crippen LogP contribution in [0.4, 0.5) is 4.39 Å². The van der Waals surface area contributed by atoms with Gasteiger partial charge in [-0.25, -0.2) is 9.29 Å². The van der Waals surface area contributed by atoms with Crippen molar-refractivity contribution < 1.29 is 23.8 Å². The van der Waals surface area contributed by atoms with Crippen LogP contribution in [0.25, 0.3) is 0 Å². The van der Waals surface area contributed by atoms with Crippen molar-refractivity contribution in [3.05, 3.63) is 71.0 Å². The molecule has 204 valence electrons. The van der Waals surface area contributed by atoms with Gasteiger partial charge in [-0.2, -0.15) is 0 Å². The monoisotopic (exact) mass is 523 g/mol. The van der Waals surface area contributed by atoms with Crippen LogP contribution in [0.15, 0.2) is 53.5 Å². The van der Waals surface area contributed by atoms with Crippen LogP contribution in [-0.4, -0.2) is 53.1 Å². The quantitative estimate of drug-likeness (QED) is 0.459. The zero-order valence-electron chi connectivity index (χ0n) is 22.6. The smallest absolute Gasteiger partial charge is 0.305 e. The number of aliphatic imine (C=N–C) groups is 1. The molecule has 1 aliphatic heterocycles. The van der Waals surface area contributed by atoms with Gasteiger partial charge in [-0.15, -0.1) is 0 Å². The number of hydrogen-bond acceptors (Lipinski definition) is 5. The summed E-state index contributed by atoms with van der Waals surface area (Å²) in [6.07, 6.45) is 3.25. The largest absolute Gasteiger partial charge is 0.481 e. The molecule has 0 radical (unpaired) electrons. The summed E-state index contributed by atoms with van der Waals surface area (Å²) in [7, 11) is 1.70. The number of ether oxygens (including phenoxy) is 1. The highest BCUT2D eigenvalue weighted by atomic mass is 19.1. The first kappa shape index (κ1) is 27.9. The molecule has 1 amide bonds. The van der Waals surface area contributed by atoms with Gasteiger partial charge in [0.1, 0.15) is 11.5 Å². The van der Waals surface area contributed by atoms with E-state index in [-0.39, 0.29) is 30.7 Å². The first-order valence-corrected chi connectivity index (χ1v) is 13.4. The molecule has 4 atom stereocenters. The van der Waals surface area contributed by atoms with Crippen molar-refractivity contribution in [2.75, 3.05) is 13.7 Å². The molecular formula is C30H38FN3O4. The average molecular weight is 524 g/mol. The SMILES string of the molecule is CC[C@H](c1ccc(C(=O)NCCC(=O)O)cc1)N1C(OC)C(c2ccc(F)cc2)=NC12CC(C)CC(C)C2. The van der Waals surface area contributed by atoms with Crippen LogP contribution in [-0.2, 0) is 9.53 Å². The highest BCUT2D eigenvalue weighted by Crippen LogP contribution is 2.50. The topological polar surface area (TPSA) is 91.2 Å². The van der Waals surface area contributed by atoms with Crippen molar-refractivity contribution in [1.29, 1.82) is 0 Å². The van der Waals surface area contributed by atoms with Crippen molar-refractivity contribution in [2.45, 2.75) is 70.8 Å².